The van der Waals surface area contributed by atoms with Crippen LogP contribution in [0.5, 0.6) is 6.01 Å². The predicted octanol–water partition coefficient (Wildman–Crippen LogP) is 2.98. The Labute approximate surface area is 177 Å². The summed E-state index contributed by atoms with van der Waals surface area (Å²) in [4.78, 5) is 13.7. The average Bonchev–Trinajstić information content (AvgIpc) is 2.73. The van der Waals surface area contributed by atoms with Crippen molar-refractivity contribution in [2.45, 2.75) is 6.92 Å². The molecule has 0 aliphatic carbocycles. The summed E-state index contributed by atoms with van der Waals surface area (Å²) < 4.78 is 36.1. The number of rotatable bonds is 10. The second kappa shape index (κ2) is 10.7. The first kappa shape index (κ1) is 21.8. The third kappa shape index (κ3) is 6.55. The SMILES string of the molecule is Cc1cc(NCCOCCOc2nc(F)nc(F)n2)nc(Nc2ccccc2)c1C#N. The lowest BCUT2D eigenvalue weighted by Crippen LogP contribution is -2.15. The van der Waals surface area contributed by atoms with Gasteiger partial charge in [0.1, 0.15) is 18.5 Å². The number of ether oxygens (including phenoxy) is 2. The third-order valence-corrected chi connectivity index (χ3v) is 3.94. The smallest absolute Gasteiger partial charge is 0.324 e. The van der Waals surface area contributed by atoms with E-state index in [4.69, 9.17) is 9.47 Å². The Hall–Kier alpha value is -3.91. The number of aryl methyl sites for hydroxylation is 1. The monoisotopic (exact) mass is 427 g/mol. The van der Waals surface area contributed by atoms with Crippen LogP contribution in [0.1, 0.15) is 11.1 Å². The number of para-hydroxylation sites is 1. The molecule has 0 saturated carbocycles. The van der Waals surface area contributed by atoms with Gasteiger partial charge in [0.15, 0.2) is 5.82 Å². The van der Waals surface area contributed by atoms with Crippen LogP contribution < -0.4 is 15.4 Å². The number of benzene rings is 1. The summed E-state index contributed by atoms with van der Waals surface area (Å²) in [5, 5.41) is 15.7. The van der Waals surface area contributed by atoms with Crippen LogP contribution in [0.2, 0.25) is 0 Å². The molecule has 2 N–H and O–H groups in total. The molecule has 0 bridgehead atoms. The van der Waals surface area contributed by atoms with Crippen molar-refractivity contribution in [3.63, 3.8) is 0 Å². The minimum atomic E-state index is -1.25. The number of anilines is 3. The van der Waals surface area contributed by atoms with E-state index >= 15 is 0 Å². The molecule has 1 aromatic carbocycles. The van der Waals surface area contributed by atoms with E-state index < -0.39 is 18.2 Å². The molecule has 31 heavy (non-hydrogen) atoms. The molecule has 160 valence electrons. The van der Waals surface area contributed by atoms with Gasteiger partial charge in [0.2, 0.25) is 0 Å². The van der Waals surface area contributed by atoms with Gasteiger partial charge < -0.3 is 20.1 Å². The van der Waals surface area contributed by atoms with Gasteiger partial charge in [-0.15, -0.1) is 9.97 Å². The van der Waals surface area contributed by atoms with Crippen LogP contribution in [0.3, 0.4) is 0 Å². The number of halogens is 2. The van der Waals surface area contributed by atoms with Crippen molar-refractivity contribution < 1.29 is 18.3 Å². The van der Waals surface area contributed by atoms with Crippen LogP contribution in [-0.2, 0) is 4.74 Å². The molecular formula is C20H19F2N7O2. The normalized spacial score (nSPS) is 10.4. The van der Waals surface area contributed by atoms with E-state index in [-0.39, 0.29) is 13.2 Å². The number of pyridine rings is 1. The molecule has 0 saturated heterocycles. The first-order valence-corrected chi connectivity index (χ1v) is 9.30. The first-order valence-electron chi connectivity index (χ1n) is 9.30. The first-order chi connectivity index (χ1) is 15.0. The molecular weight excluding hydrogens is 408 g/mol. The van der Waals surface area contributed by atoms with E-state index in [1.165, 1.54) is 0 Å². The number of nitrogens with one attached hydrogen (secondary N) is 2. The fourth-order valence-corrected chi connectivity index (χ4v) is 2.57. The van der Waals surface area contributed by atoms with Crippen molar-refractivity contribution in [1.29, 1.82) is 5.26 Å². The molecule has 3 aromatic rings. The summed E-state index contributed by atoms with van der Waals surface area (Å²) in [5.41, 5.74) is 2.07. The Balaban J connectivity index is 1.46. The number of nitriles is 1. The molecule has 0 amide bonds. The van der Waals surface area contributed by atoms with Crippen molar-refractivity contribution in [3.8, 4) is 12.1 Å². The van der Waals surface area contributed by atoms with Crippen molar-refractivity contribution in [3.05, 3.63) is 59.7 Å². The maximum Gasteiger partial charge on any atom is 0.324 e. The van der Waals surface area contributed by atoms with Gasteiger partial charge in [0.25, 0.3) is 0 Å². The van der Waals surface area contributed by atoms with Crippen LogP contribution >= 0.6 is 0 Å². The second-order valence-electron chi connectivity index (χ2n) is 6.19. The summed E-state index contributed by atoms with van der Waals surface area (Å²) >= 11 is 0. The quantitative estimate of drug-likeness (QED) is 0.471. The van der Waals surface area contributed by atoms with Crippen LogP contribution in [-0.4, -0.2) is 46.3 Å². The Morgan fingerprint density at radius 2 is 1.74 bits per heavy atom. The van der Waals surface area contributed by atoms with Crippen molar-refractivity contribution >= 4 is 17.3 Å². The number of aromatic nitrogens is 4. The maximum atomic E-state index is 12.8. The Morgan fingerprint density at radius 1 is 1.00 bits per heavy atom. The molecule has 2 aromatic heterocycles. The van der Waals surface area contributed by atoms with Crippen molar-refractivity contribution in [1.82, 2.24) is 19.9 Å². The molecule has 2 heterocycles. The van der Waals surface area contributed by atoms with E-state index in [9.17, 15) is 14.0 Å². The van der Waals surface area contributed by atoms with Gasteiger partial charge in [-0.1, -0.05) is 18.2 Å². The second-order valence-corrected chi connectivity index (χ2v) is 6.19. The molecule has 9 nitrogen and oxygen atoms in total. The zero-order chi connectivity index (χ0) is 22.1. The van der Waals surface area contributed by atoms with Gasteiger partial charge >= 0.3 is 18.2 Å². The minimum Gasteiger partial charge on any atom is -0.461 e. The number of hydrogen-bond acceptors (Lipinski definition) is 9. The highest BCUT2D eigenvalue weighted by molar-refractivity contribution is 5.67. The van der Waals surface area contributed by atoms with E-state index in [1.54, 1.807) is 6.07 Å². The molecule has 0 radical (unpaired) electrons. The van der Waals surface area contributed by atoms with Gasteiger partial charge in [-0.25, -0.2) is 4.98 Å². The van der Waals surface area contributed by atoms with Gasteiger partial charge in [-0.2, -0.15) is 19.0 Å². The lowest BCUT2D eigenvalue weighted by atomic mass is 10.1. The molecule has 0 aliphatic heterocycles. The molecule has 0 aliphatic rings. The third-order valence-electron chi connectivity index (χ3n) is 3.94. The highest BCUT2D eigenvalue weighted by atomic mass is 19.1. The van der Waals surface area contributed by atoms with E-state index in [1.807, 2.05) is 37.3 Å². The lowest BCUT2D eigenvalue weighted by molar-refractivity contribution is 0.102. The summed E-state index contributed by atoms with van der Waals surface area (Å²) in [6, 6.07) is 12.9. The van der Waals surface area contributed by atoms with Crippen molar-refractivity contribution in [2.24, 2.45) is 0 Å². The van der Waals surface area contributed by atoms with Gasteiger partial charge in [0.05, 0.1) is 18.8 Å². The molecule has 11 heteroatoms. The summed E-state index contributed by atoms with van der Waals surface area (Å²) in [5.74, 6) is 1.05. The molecule has 3 rings (SSSR count). The largest absolute Gasteiger partial charge is 0.461 e. The highest BCUT2D eigenvalue weighted by Gasteiger charge is 2.10. The van der Waals surface area contributed by atoms with Crippen molar-refractivity contribution in [2.75, 3.05) is 37.0 Å². The van der Waals surface area contributed by atoms with Gasteiger partial charge in [-0.05, 0) is 30.7 Å². The standard InChI is InChI=1S/C20H19F2N7O2/c1-13-11-16(26-17(15(13)12-23)25-14-5-3-2-4-6-14)24-7-8-30-9-10-31-20-28-18(21)27-19(22)29-20/h2-6,11H,7-10H2,1H3,(H2,24,25,26). The predicted molar refractivity (Wildman–Crippen MR) is 108 cm³/mol. The van der Waals surface area contributed by atoms with Gasteiger partial charge in [0, 0.05) is 12.2 Å². The summed E-state index contributed by atoms with van der Waals surface area (Å²) in [6.45, 7) is 2.78. The zero-order valence-corrected chi connectivity index (χ0v) is 16.6. The van der Waals surface area contributed by atoms with E-state index in [2.05, 4.69) is 36.6 Å². The van der Waals surface area contributed by atoms with Crippen LogP contribution in [0.4, 0.5) is 26.1 Å². The molecule has 0 atom stereocenters. The van der Waals surface area contributed by atoms with E-state index in [0.717, 1.165) is 11.3 Å². The molecule has 0 fully saturated rings. The highest BCUT2D eigenvalue weighted by Crippen LogP contribution is 2.23. The number of hydrogen-bond donors (Lipinski definition) is 2. The van der Waals surface area contributed by atoms with E-state index in [0.29, 0.717) is 30.4 Å². The van der Waals surface area contributed by atoms with Crippen LogP contribution in [0, 0.1) is 30.4 Å². The fraction of sp³-hybridized carbons (Fsp3) is 0.250. The zero-order valence-electron chi connectivity index (χ0n) is 16.6. The van der Waals surface area contributed by atoms with Gasteiger partial charge in [-0.3, -0.25) is 0 Å². The van der Waals surface area contributed by atoms with Crippen LogP contribution in [0.25, 0.3) is 0 Å². The molecule has 0 spiro atoms. The number of nitrogens with zero attached hydrogens (tertiary/aromatic N) is 5. The van der Waals surface area contributed by atoms with Crippen LogP contribution in [0.15, 0.2) is 36.4 Å². The lowest BCUT2D eigenvalue weighted by Gasteiger charge is -2.13. The maximum absolute atomic E-state index is 12.8. The minimum absolute atomic E-state index is 0.0161. The Morgan fingerprint density at radius 3 is 2.45 bits per heavy atom. The average molecular weight is 427 g/mol. The fourth-order valence-electron chi connectivity index (χ4n) is 2.57. The summed E-state index contributed by atoms with van der Waals surface area (Å²) in [6.07, 6.45) is -2.50. The Bertz CT molecular complexity index is 1040. The summed E-state index contributed by atoms with van der Waals surface area (Å²) in [7, 11) is 0. The molecule has 0 unspecified atom stereocenters. The Kier molecular flexibility index (Phi) is 7.56. The topological polar surface area (TPSA) is 118 Å².